The van der Waals surface area contributed by atoms with Crippen LogP contribution in [0.2, 0.25) is 5.02 Å². The summed E-state index contributed by atoms with van der Waals surface area (Å²) >= 11 is 9.35. The van der Waals surface area contributed by atoms with Gasteiger partial charge in [0, 0.05) is 16.0 Å². The van der Waals surface area contributed by atoms with E-state index in [9.17, 15) is 4.79 Å². The molecule has 6 heteroatoms. The van der Waals surface area contributed by atoms with Crippen LogP contribution >= 0.6 is 34.3 Å². The predicted molar refractivity (Wildman–Crippen MR) is 120 cm³/mol. The molecule has 28 heavy (non-hydrogen) atoms. The largest absolute Gasteiger partial charge is 0.280 e. The number of hydrogen-bond donors (Lipinski definition) is 0. The van der Waals surface area contributed by atoms with Crippen molar-refractivity contribution in [3.05, 3.63) is 87.1 Å². The number of amides is 1. The third-order valence-corrected chi connectivity index (χ3v) is 6.64. The van der Waals surface area contributed by atoms with E-state index in [1.807, 2.05) is 73.0 Å². The predicted octanol–water partition coefficient (Wildman–Crippen LogP) is 6.57. The number of thiazole rings is 1. The summed E-state index contributed by atoms with van der Waals surface area (Å²) in [5.74, 6) is -0.0972. The van der Waals surface area contributed by atoms with Crippen molar-refractivity contribution in [3.63, 3.8) is 0 Å². The van der Waals surface area contributed by atoms with Gasteiger partial charge in [-0.2, -0.15) is 0 Å². The molecule has 2 heterocycles. The second-order valence-corrected chi connectivity index (χ2v) is 8.67. The van der Waals surface area contributed by atoms with Gasteiger partial charge in [-0.3, -0.25) is 9.69 Å². The van der Waals surface area contributed by atoms with E-state index in [0.29, 0.717) is 16.7 Å². The van der Waals surface area contributed by atoms with Crippen LogP contribution in [0.25, 0.3) is 16.3 Å². The number of anilines is 1. The molecule has 140 valence electrons. The molecule has 0 atom stereocenters. The Labute approximate surface area is 176 Å². The molecule has 0 aliphatic rings. The highest BCUT2D eigenvalue weighted by Gasteiger charge is 2.19. The summed E-state index contributed by atoms with van der Waals surface area (Å²) in [5, 5.41) is 3.35. The van der Waals surface area contributed by atoms with E-state index in [1.165, 1.54) is 11.3 Å². The number of carbonyl (C=O) groups excluding carboxylic acids is 1. The van der Waals surface area contributed by atoms with Gasteiger partial charge in [-0.25, -0.2) is 4.98 Å². The molecule has 0 saturated carbocycles. The van der Waals surface area contributed by atoms with Crippen molar-refractivity contribution in [2.24, 2.45) is 0 Å². The molecule has 3 nitrogen and oxygen atoms in total. The van der Waals surface area contributed by atoms with E-state index in [0.717, 1.165) is 26.2 Å². The van der Waals surface area contributed by atoms with Gasteiger partial charge >= 0.3 is 0 Å². The minimum atomic E-state index is -0.0972. The van der Waals surface area contributed by atoms with Gasteiger partial charge in [-0.15, -0.1) is 11.3 Å². The van der Waals surface area contributed by atoms with Gasteiger partial charge in [-0.1, -0.05) is 59.3 Å². The van der Waals surface area contributed by atoms with Crippen molar-refractivity contribution in [3.8, 4) is 0 Å². The first-order chi connectivity index (χ1) is 13.6. The quantitative estimate of drug-likeness (QED) is 0.339. The van der Waals surface area contributed by atoms with E-state index in [-0.39, 0.29) is 5.91 Å². The van der Waals surface area contributed by atoms with E-state index >= 15 is 0 Å². The first-order valence-electron chi connectivity index (χ1n) is 8.74. The Kier molecular flexibility index (Phi) is 5.57. The van der Waals surface area contributed by atoms with E-state index < -0.39 is 0 Å². The molecule has 1 amide bonds. The zero-order chi connectivity index (χ0) is 19.5. The van der Waals surface area contributed by atoms with Crippen LogP contribution in [0.4, 0.5) is 5.13 Å². The standard InChI is InChI=1S/C22H17ClN2OS2/c1-15-18(23)10-11-19-21(15)24-22(28-19)25(14-16-6-3-2-4-7-16)20(26)12-9-17-8-5-13-27-17/h2-13H,14H2,1H3/b12-9+. The first-order valence-corrected chi connectivity index (χ1v) is 10.8. The van der Waals surface area contributed by atoms with Crippen LogP contribution in [0.1, 0.15) is 16.0 Å². The van der Waals surface area contributed by atoms with Crippen molar-refractivity contribution >= 4 is 61.6 Å². The molecule has 0 aliphatic carbocycles. The van der Waals surface area contributed by atoms with Gasteiger partial charge in [-0.05, 0) is 47.7 Å². The number of nitrogens with zero attached hydrogens (tertiary/aromatic N) is 2. The van der Waals surface area contributed by atoms with E-state index in [1.54, 1.807) is 22.3 Å². The molecule has 2 aromatic heterocycles. The van der Waals surface area contributed by atoms with Crippen LogP contribution in [0.15, 0.2) is 66.1 Å². The molecule has 0 aliphatic heterocycles. The summed E-state index contributed by atoms with van der Waals surface area (Å²) < 4.78 is 1.02. The molecule has 0 N–H and O–H groups in total. The zero-order valence-corrected chi connectivity index (χ0v) is 17.5. The smallest absolute Gasteiger partial charge is 0.253 e. The number of benzene rings is 2. The van der Waals surface area contributed by atoms with E-state index in [4.69, 9.17) is 16.6 Å². The minimum Gasteiger partial charge on any atom is -0.280 e. The molecule has 0 fully saturated rings. The second-order valence-electron chi connectivity index (χ2n) is 6.27. The Morgan fingerprint density at radius 1 is 1.14 bits per heavy atom. The summed E-state index contributed by atoms with van der Waals surface area (Å²) in [7, 11) is 0. The summed E-state index contributed by atoms with van der Waals surface area (Å²) in [6.45, 7) is 2.41. The Hall–Kier alpha value is -2.47. The fourth-order valence-corrected chi connectivity index (χ4v) is 4.64. The number of hydrogen-bond acceptors (Lipinski definition) is 4. The molecule has 0 bridgehead atoms. The third kappa shape index (κ3) is 4.02. The van der Waals surface area contributed by atoms with E-state index in [2.05, 4.69) is 0 Å². The van der Waals surface area contributed by atoms with Crippen LogP contribution in [0.3, 0.4) is 0 Å². The highest BCUT2D eigenvalue weighted by atomic mass is 35.5. The number of aryl methyl sites for hydroxylation is 1. The molecule has 2 aromatic carbocycles. The highest BCUT2D eigenvalue weighted by Crippen LogP contribution is 2.34. The Bertz CT molecular complexity index is 1130. The number of fused-ring (bicyclic) bond motifs is 1. The number of thiophene rings is 1. The third-order valence-electron chi connectivity index (χ3n) is 4.35. The van der Waals surface area contributed by atoms with Crippen molar-refractivity contribution in [1.29, 1.82) is 0 Å². The topological polar surface area (TPSA) is 33.2 Å². The molecule has 4 rings (SSSR count). The highest BCUT2D eigenvalue weighted by molar-refractivity contribution is 7.22. The summed E-state index contributed by atoms with van der Waals surface area (Å²) in [5.41, 5.74) is 2.83. The van der Waals surface area contributed by atoms with Gasteiger partial charge < -0.3 is 0 Å². The normalized spacial score (nSPS) is 11.4. The second kappa shape index (κ2) is 8.27. The molecular weight excluding hydrogens is 408 g/mol. The Balaban J connectivity index is 1.72. The maximum Gasteiger partial charge on any atom is 0.253 e. The molecule has 4 aromatic rings. The number of halogens is 1. The zero-order valence-electron chi connectivity index (χ0n) is 15.1. The number of rotatable bonds is 5. The molecule has 0 unspecified atom stereocenters. The first kappa shape index (κ1) is 18.9. The van der Waals surface area contributed by atoms with Crippen LogP contribution in [0.5, 0.6) is 0 Å². The molecule has 0 saturated heterocycles. The van der Waals surface area contributed by atoms with Crippen LogP contribution in [0, 0.1) is 6.92 Å². The monoisotopic (exact) mass is 424 g/mol. The average molecular weight is 425 g/mol. The maximum absolute atomic E-state index is 13.1. The SMILES string of the molecule is Cc1c(Cl)ccc2sc(N(Cc3ccccc3)C(=O)/C=C/c3cccs3)nc12. The number of carbonyl (C=O) groups is 1. The fraction of sp³-hybridized carbons (Fsp3) is 0.0909. The summed E-state index contributed by atoms with van der Waals surface area (Å²) in [4.78, 5) is 20.6. The van der Waals surface area contributed by atoms with Crippen LogP contribution in [-0.2, 0) is 11.3 Å². The molecular formula is C22H17ClN2OS2. The molecule has 0 spiro atoms. The molecule has 0 radical (unpaired) electrons. The van der Waals surface area contributed by atoms with Gasteiger partial charge in [0.15, 0.2) is 5.13 Å². The maximum atomic E-state index is 13.1. The van der Waals surface area contributed by atoms with Crippen molar-refractivity contribution in [2.75, 3.05) is 4.90 Å². The van der Waals surface area contributed by atoms with Gasteiger partial charge in [0.1, 0.15) is 0 Å². The Morgan fingerprint density at radius 2 is 1.96 bits per heavy atom. The minimum absolute atomic E-state index is 0.0972. The van der Waals surface area contributed by atoms with Gasteiger partial charge in [0.05, 0.1) is 16.8 Å². The number of aromatic nitrogens is 1. The summed E-state index contributed by atoms with van der Waals surface area (Å²) in [6.07, 6.45) is 3.46. The van der Waals surface area contributed by atoms with Crippen LogP contribution < -0.4 is 4.90 Å². The fourth-order valence-electron chi connectivity index (χ4n) is 2.84. The lowest BCUT2D eigenvalue weighted by atomic mass is 10.2. The lowest BCUT2D eigenvalue weighted by molar-refractivity contribution is -0.114. The van der Waals surface area contributed by atoms with Crippen LogP contribution in [-0.4, -0.2) is 10.9 Å². The van der Waals surface area contributed by atoms with Gasteiger partial charge in [0.25, 0.3) is 5.91 Å². The average Bonchev–Trinajstić information content (AvgIpc) is 3.38. The Morgan fingerprint density at radius 3 is 2.71 bits per heavy atom. The summed E-state index contributed by atoms with van der Waals surface area (Å²) in [6, 6.07) is 17.7. The van der Waals surface area contributed by atoms with Crippen molar-refractivity contribution in [1.82, 2.24) is 4.98 Å². The van der Waals surface area contributed by atoms with Gasteiger partial charge in [0.2, 0.25) is 0 Å². The van der Waals surface area contributed by atoms with Crippen molar-refractivity contribution in [2.45, 2.75) is 13.5 Å². The van der Waals surface area contributed by atoms with Crippen molar-refractivity contribution < 1.29 is 4.79 Å². The lowest BCUT2D eigenvalue weighted by Gasteiger charge is -2.18. The lowest BCUT2D eigenvalue weighted by Crippen LogP contribution is -2.28.